The number of nitrogens with one attached hydrogen (secondary N) is 2. The fourth-order valence-corrected chi connectivity index (χ4v) is 2.64. The number of anilines is 1. The van der Waals surface area contributed by atoms with Gasteiger partial charge in [-0.25, -0.2) is 0 Å². The summed E-state index contributed by atoms with van der Waals surface area (Å²) in [5, 5.41) is 6.07. The Bertz CT molecular complexity index is 758. The number of amides is 2. The Balaban J connectivity index is 1.68. The van der Waals surface area contributed by atoms with Gasteiger partial charge in [-0.15, -0.1) is 0 Å². The monoisotopic (exact) mass is 392 g/mol. The van der Waals surface area contributed by atoms with E-state index in [1.807, 2.05) is 0 Å². The minimum atomic E-state index is -0.300. The molecular weight excluding hydrogens is 380 g/mol. The van der Waals surface area contributed by atoms with E-state index in [4.69, 9.17) is 11.6 Å². The maximum atomic E-state index is 12.3. The summed E-state index contributed by atoms with van der Waals surface area (Å²) >= 11 is 9.36. The summed E-state index contributed by atoms with van der Waals surface area (Å²) in [7, 11) is 0. The molecule has 2 aromatic carbocycles. The molecule has 1 saturated carbocycles. The van der Waals surface area contributed by atoms with Gasteiger partial charge in [-0.1, -0.05) is 27.5 Å². The zero-order valence-electron chi connectivity index (χ0n) is 12.1. The van der Waals surface area contributed by atoms with Crippen molar-refractivity contribution in [2.45, 2.75) is 18.9 Å². The second-order valence-electron chi connectivity index (χ2n) is 5.40. The minimum absolute atomic E-state index is 0.0830. The van der Waals surface area contributed by atoms with Crippen LogP contribution >= 0.6 is 27.5 Å². The zero-order chi connectivity index (χ0) is 16.4. The van der Waals surface area contributed by atoms with Gasteiger partial charge in [-0.05, 0) is 55.3 Å². The fourth-order valence-electron chi connectivity index (χ4n) is 2.07. The molecule has 0 saturated heterocycles. The summed E-state index contributed by atoms with van der Waals surface area (Å²) in [5.41, 5.74) is 1.57. The summed E-state index contributed by atoms with van der Waals surface area (Å²) in [6, 6.07) is 12.2. The average molecular weight is 394 g/mol. The lowest BCUT2D eigenvalue weighted by Crippen LogP contribution is -2.25. The smallest absolute Gasteiger partial charge is 0.257 e. The van der Waals surface area contributed by atoms with Crippen molar-refractivity contribution in [1.82, 2.24) is 5.32 Å². The van der Waals surface area contributed by atoms with Crippen LogP contribution in [0.15, 0.2) is 46.9 Å². The molecule has 2 N–H and O–H groups in total. The highest BCUT2D eigenvalue weighted by Crippen LogP contribution is 2.23. The largest absolute Gasteiger partial charge is 0.349 e. The molecule has 23 heavy (non-hydrogen) atoms. The van der Waals surface area contributed by atoms with Crippen molar-refractivity contribution < 1.29 is 9.59 Å². The van der Waals surface area contributed by atoms with Crippen molar-refractivity contribution in [2.75, 3.05) is 5.32 Å². The summed E-state index contributed by atoms with van der Waals surface area (Å²) in [6.07, 6.45) is 2.10. The van der Waals surface area contributed by atoms with E-state index in [0.29, 0.717) is 27.9 Å². The Morgan fingerprint density at radius 2 is 1.74 bits per heavy atom. The van der Waals surface area contributed by atoms with E-state index in [1.54, 1.807) is 42.5 Å². The number of hydrogen-bond acceptors (Lipinski definition) is 2. The first-order chi connectivity index (χ1) is 11.0. The SMILES string of the molecule is O=C(NC1CC1)c1ccc(NC(=O)c2cc(Br)ccc2Cl)cc1. The molecule has 0 aliphatic heterocycles. The van der Waals surface area contributed by atoms with Gasteiger partial charge < -0.3 is 10.6 Å². The van der Waals surface area contributed by atoms with Crippen molar-refractivity contribution in [3.63, 3.8) is 0 Å². The van der Waals surface area contributed by atoms with Gasteiger partial charge in [-0.3, -0.25) is 9.59 Å². The molecule has 0 atom stereocenters. The van der Waals surface area contributed by atoms with E-state index in [2.05, 4.69) is 26.6 Å². The second-order valence-corrected chi connectivity index (χ2v) is 6.73. The average Bonchev–Trinajstić information content (AvgIpc) is 3.34. The van der Waals surface area contributed by atoms with Gasteiger partial charge in [0.15, 0.2) is 0 Å². The number of halogens is 2. The molecule has 2 amide bonds. The topological polar surface area (TPSA) is 58.2 Å². The minimum Gasteiger partial charge on any atom is -0.349 e. The van der Waals surface area contributed by atoms with Crippen LogP contribution < -0.4 is 10.6 Å². The fraction of sp³-hybridized carbons (Fsp3) is 0.176. The van der Waals surface area contributed by atoms with Crippen LogP contribution in [0.5, 0.6) is 0 Å². The molecule has 2 aromatic rings. The summed E-state index contributed by atoms with van der Waals surface area (Å²) in [6.45, 7) is 0. The van der Waals surface area contributed by atoms with E-state index >= 15 is 0 Å². The Morgan fingerprint density at radius 1 is 1.04 bits per heavy atom. The molecule has 1 aliphatic rings. The van der Waals surface area contributed by atoms with Gasteiger partial charge in [0.2, 0.25) is 0 Å². The van der Waals surface area contributed by atoms with Crippen LogP contribution in [-0.4, -0.2) is 17.9 Å². The highest BCUT2D eigenvalue weighted by molar-refractivity contribution is 9.10. The molecule has 118 valence electrons. The first kappa shape index (κ1) is 16.0. The lowest BCUT2D eigenvalue weighted by molar-refractivity contribution is 0.0950. The van der Waals surface area contributed by atoms with E-state index < -0.39 is 0 Å². The zero-order valence-corrected chi connectivity index (χ0v) is 14.4. The third-order valence-electron chi connectivity index (χ3n) is 3.49. The molecule has 6 heteroatoms. The van der Waals surface area contributed by atoms with Crippen LogP contribution in [0.4, 0.5) is 5.69 Å². The molecular formula is C17H14BrClN2O2. The molecule has 0 heterocycles. The lowest BCUT2D eigenvalue weighted by atomic mass is 10.1. The normalized spacial score (nSPS) is 13.5. The number of benzene rings is 2. The predicted molar refractivity (Wildman–Crippen MR) is 94.0 cm³/mol. The van der Waals surface area contributed by atoms with Crippen molar-refractivity contribution in [3.8, 4) is 0 Å². The number of rotatable bonds is 4. The van der Waals surface area contributed by atoms with Crippen LogP contribution in [0.25, 0.3) is 0 Å². The van der Waals surface area contributed by atoms with E-state index in [1.165, 1.54) is 0 Å². The van der Waals surface area contributed by atoms with E-state index in [0.717, 1.165) is 17.3 Å². The Labute approximate surface area is 147 Å². The first-order valence-corrected chi connectivity index (χ1v) is 8.37. The molecule has 3 rings (SSSR count). The molecule has 4 nitrogen and oxygen atoms in total. The maximum absolute atomic E-state index is 12.3. The molecule has 0 unspecified atom stereocenters. The summed E-state index contributed by atoms with van der Waals surface area (Å²) in [5.74, 6) is -0.383. The maximum Gasteiger partial charge on any atom is 0.257 e. The molecule has 0 radical (unpaired) electrons. The lowest BCUT2D eigenvalue weighted by Gasteiger charge is -2.08. The van der Waals surface area contributed by atoms with E-state index in [9.17, 15) is 9.59 Å². The summed E-state index contributed by atoms with van der Waals surface area (Å²) < 4.78 is 0.777. The van der Waals surface area contributed by atoms with Crippen molar-refractivity contribution >= 4 is 45.0 Å². The highest BCUT2D eigenvalue weighted by Gasteiger charge is 2.23. The van der Waals surface area contributed by atoms with Crippen LogP contribution in [0, 0.1) is 0 Å². The molecule has 0 bridgehead atoms. The quantitative estimate of drug-likeness (QED) is 0.816. The third-order valence-corrected chi connectivity index (χ3v) is 4.31. The standard InChI is InChI=1S/C17H14BrClN2O2/c18-11-3-8-15(19)14(9-11)17(23)21-12-4-1-10(2-5-12)16(22)20-13-6-7-13/h1-5,8-9,13H,6-7H2,(H,20,22)(H,21,23). The van der Waals surface area contributed by atoms with Crippen LogP contribution in [0.3, 0.4) is 0 Å². The van der Waals surface area contributed by atoms with Gasteiger partial charge in [0.05, 0.1) is 10.6 Å². The Morgan fingerprint density at radius 3 is 2.39 bits per heavy atom. The van der Waals surface area contributed by atoms with Crippen molar-refractivity contribution in [3.05, 3.63) is 63.1 Å². The Hall–Kier alpha value is -1.85. The van der Waals surface area contributed by atoms with Crippen molar-refractivity contribution in [2.24, 2.45) is 0 Å². The van der Waals surface area contributed by atoms with Crippen LogP contribution in [0.1, 0.15) is 33.6 Å². The van der Waals surface area contributed by atoms with Gasteiger partial charge in [-0.2, -0.15) is 0 Å². The molecule has 0 spiro atoms. The summed E-state index contributed by atoms with van der Waals surface area (Å²) in [4.78, 5) is 24.2. The number of carbonyl (C=O) groups is 2. The molecule has 0 aromatic heterocycles. The van der Waals surface area contributed by atoms with E-state index in [-0.39, 0.29) is 11.8 Å². The van der Waals surface area contributed by atoms with Crippen LogP contribution in [-0.2, 0) is 0 Å². The van der Waals surface area contributed by atoms with Gasteiger partial charge >= 0.3 is 0 Å². The molecule has 1 fully saturated rings. The molecule has 1 aliphatic carbocycles. The van der Waals surface area contributed by atoms with Crippen LogP contribution in [0.2, 0.25) is 5.02 Å². The second kappa shape index (κ2) is 6.72. The van der Waals surface area contributed by atoms with Crippen molar-refractivity contribution in [1.29, 1.82) is 0 Å². The van der Waals surface area contributed by atoms with Gasteiger partial charge in [0.25, 0.3) is 11.8 Å². The number of carbonyl (C=O) groups excluding carboxylic acids is 2. The predicted octanol–water partition coefficient (Wildman–Crippen LogP) is 4.25. The highest BCUT2D eigenvalue weighted by atomic mass is 79.9. The first-order valence-electron chi connectivity index (χ1n) is 7.20. The van der Waals surface area contributed by atoms with Gasteiger partial charge in [0, 0.05) is 21.8 Å². The number of hydrogen-bond donors (Lipinski definition) is 2. The third kappa shape index (κ3) is 4.12. The van der Waals surface area contributed by atoms with Gasteiger partial charge in [0.1, 0.15) is 0 Å². The Kier molecular flexibility index (Phi) is 4.68.